The van der Waals surface area contributed by atoms with E-state index >= 15 is 0 Å². The van der Waals surface area contributed by atoms with Crippen molar-refractivity contribution in [1.82, 2.24) is 0 Å². The molecule has 0 N–H and O–H groups in total. The summed E-state index contributed by atoms with van der Waals surface area (Å²) < 4.78 is 6.71. The van der Waals surface area contributed by atoms with E-state index in [1.54, 1.807) is 0 Å². The van der Waals surface area contributed by atoms with E-state index < -0.39 is 0 Å². The monoisotopic (exact) mass is 346 g/mol. The third-order valence-electron chi connectivity index (χ3n) is 8.77. The lowest BCUT2D eigenvalue weighted by Crippen LogP contribution is -2.64. The number of ether oxygens (including phenoxy) is 1. The molecule has 5 rings (SSSR count). The molecule has 4 bridgehead atoms. The molecule has 0 aromatic heterocycles. The molecule has 0 aromatic carbocycles. The molecule has 0 spiro atoms. The highest BCUT2D eigenvalue weighted by molar-refractivity contribution is 5.76. The van der Waals surface area contributed by atoms with Crippen LogP contribution in [0.3, 0.4) is 0 Å². The smallest absolute Gasteiger partial charge is 0.312 e. The van der Waals surface area contributed by atoms with Gasteiger partial charge in [-0.05, 0) is 101 Å². The minimum atomic E-state index is -0.344. The standard InChI is InChI=1S/C23H38O2/c1-5-22(3,4)21(24)25-23(18-8-6-15(2)7-9-18)19-11-16-10-17(13-19)14-20(23)12-16/h15-20H,5-14H2,1-4H3. The van der Waals surface area contributed by atoms with Gasteiger partial charge in [0, 0.05) is 0 Å². The van der Waals surface area contributed by atoms with Crippen LogP contribution in [0.25, 0.3) is 0 Å². The van der Waals surface area contributed by atoms with Crippen LogP contribution < -0.4 is 0 Å². The van der Waals surface area contributed by atoms with Crippen LogP contribution in [-0.2, 0) is 9.53 Å². The summed E-state index contributed by atoms with van der Waals surface area (Å²) in [7, 11) is 0. The first-order valence-corrected chi connectivity index (χ1v) is 11.1. The Morgan fingerprint density at radius 3 is 1.92 bits per heavy atom. The molecule has 5 aliphatic rings. The van der Waals surface area contributed by atoms with E-state index in [0.29, 0.717) is 17.8 Å². The molecule has 0 aliphatic heterocycles. The molecule has 5 aliphatic carbocycles. The predicted molar refractivity (Wildman–Crippen MR) is 101 cm³/mol. The van der Waals surface area contributed by atoms with E-state index in [1.807, 2.05) is 0 Å². The number of carbonyl (C=O) groups excluding carboxylic acids is 1. The Morgan fingerprint density at radius 2 is 1.44 bits per heavy atom. The van der Waals surface area contributed by atoms with Crippen LogP contribution in [0.5, 0.6) is 0 Å². The van der Waals surface area contributed by atoms with Gasteiger partial charge in [-0.25, -0.2) is 0 Å². The van der Waals surface area contributed by atoms with Crippen molar-refractivity contribution in [3.63, 3.8) is 0 Å². The molecule has 0 heterocycles. The minimum absolute atomic E-state index is 0.0843. The molecule has 0 aromatic rings. The highest BCUT2D eigenvalue weighted by Gasteiger charge is 2.63. The Bertz CT molecular complexity index is 484. The third-order valence-corrected chi connectivity index (χ3v) is 8.77. The second kappa shape index (κ2) is 6.27. The largest absolute Gasteiger partial charge is 0.458 e. The molecular formula is C23H38O2. The van der Waals surface area contributed by atoms with Gasteiger partial charge in [-0.1, -0.05) is 26.7 Å². The molecule has 5 fully saturated rings. The number of esters is 1. The SMILES string of the molecule is CCC(C)(C)C(=O)OC1(C2CCC(C)CC2)C2CC3CC(C2)CC1C3. The lowest BCUT2D eigenvalue weighted by Gasteiger charge is -2.63. The van der Waals surface area contributed by atoms with Crippen LogP contribution >= 0.6 is 0 Å². The Labute approximate surface area is 154 Å². The van der Waals surface area contributed by atoms with Gasteiger partial charge in [0.15, 0.2) is 0 Å². The first-order chi connectivity index (χ1) is 11.8. The van der Waals surface area contributed by atoms with Gasteiger partial charge in [-0.2, -0.15) is 0 Å². The number of hydrogen-bond donors (Lipinski definition) is 0. The van der Waals surface area contributed by atoms with Crippen LogP contribution in [0.15, 0.2) is 0 Å². The Balaban J connectivity index is 1.65. The molecule has 0 atom stereocenters. The van der Waals surface area contributed by atoms with Gasteiger partial charge in [-0.3, -0.25) is 4.79 Å². The summed E-state index contributed by atoms with van der Waals surface area (Å²) in [6, 6.07) is 0. The van der Waals surface area contributed by atoms with Crippen molar-refractivity contribution in [2.45, 2.75) is 97.5 Å². The van der Waals surface area contributed by atoms with Crippen LogP contribution in [0.4, 0.5) is 0 Å². The summed E-state index contributed by atoms with van der Waals surface area (Å²) in [4.78, 5) is 13.2. The van der Waals surface area contributed by atoms with E-state index in [9.17, 15) is 4.79 Å². The topological polar surface area (TPSA) is 26.3 Å². The fraction of sp³-hybridized carbons (Fsp3) is 0.957. The number of carbonyl (C=O) groups is 1. The van der Waals surface area contributed by atoms with E-state index in [0.717, 1.165) is 24.2 Å². The Hall–Kier alpha value is -0.530. The second-order valence-electron chi connectivity index (χ2n) is 10.7. The van der Waals surface area contributed by atoms with Gasteiger partial charge in [0.2, 0.25) is 0 Å². The predicted octanol–water partition coefficient (Wildman–Crippen LogP) is 5.99. The Morgan fingerprint density at radius 1 is 0.920 bits per heavy atom. The molecule has 0 saturated heterocycles. The lowest BCUT2D eigenvalue weighted by molar-refractivity contribution is -0.239. The number of rotatable bonds is 4. The highest BCUT2D eigenvalue weighted by atomic mass is 16.6. The average Bonchev–Trinajstić information content (AvgIpc) is 2.58. The maximum Gasteiger partial charge on any atom is 0.312 e. The van der Waals surface area contributed by atoms with Crippen molar-refractivity contribution in [2.75, 3.05) is 0 Å². The zero-order valence-electron chi connectivity index (χ0n) is 16.9. The first-order valence-electron chi connectivity index (χ1n) is 11.1. The van der Waals surface area contributed by atoms with E-state index in [1.165, 1.54) is 57.8 Å². The van der Waals surface area contributed by atoms with Crippen molar-refractivity contribution in [1.29, 1.82) is 0 Å². The maximum absolute atomic E-state index is 13.2. The van der Waals surface area contributed by atoms with Gasteiger partial charge in [0.05, 0.1) is 5.41 Å². The molecule has 2 nitrogen and oxygen atoms in total. The van der Waals surface area contributed by atoms with Crippen molar-refractivity contribution < 1.29 is 9.53 Å². The van der Waals surface area contributed by atoms with Crippen LogP contribution in [0, 0.1) is 40.9 Å². The maximum atomic E-state index is 13.2. The van der Waals surface area contributed by atoms with Crippen LogP contribution in [0.1, 0.15) is 91.9 Å². The quantitative estimate of drug-likeness (QED) is 0.585. The third kappa shape index (κ3) is 2.86. The minimum Gasteiger partial charge on any atom is -0.458 e. The summed E-state index contributed by atoms with van der Waals surface area (Å²) in [5, 5.41) is 0. The summed E-state index contributed by atoms with van der Waals surface area (Å²) >= 11 is 0. The molecule has 2 heteroatoms. The molecule has 25 heavy (non-hydrogen) atoms. The summed E-state index contributed by atoms with van der Waals surface area (Å²) in [6.07, 6.45) is 12.9. The van der Waals surface area contributed by atoms with Crippen molar-refractivity contribution >= 4 is 5.97 Å². The summed E-state index contributed by atoms with van der Waals surface area (Å²) in [6.45, 7) is 8.66. The fourth-order valence-corrected chi connectivity index (χ4v) is 6.99. The molecule has 0 unspecified atom stereocenters. The van der Waals surface area contributed by atoms with Gasteiger partial charge in [0.25, 0.3) is 0 Å². The molecule has 5 saturated carbocycles. The van der Waals surface area contributed by atoms with Gasteiger partial charge in [-0.15, -0.1) is 0 Å². The van der Waals surface area contributed by atoms with Gasteiger partial charge >= 0.3 is 5.97 Å². The lowest BCUT2D eigenvalue weighted by atomic mass is 9.46. The second-order valence-corrected chi connectivity index (χ2v) is 10.7. The average molecular weight is 347 g/mol. The highest BCUT2D eigenvalue weighted by Crippen LogP contribution is 2.63. The van der Waals surface area contributed by atoms with E-state index in [2.05, 4.69) is 27.7 Å². The Kier molecular flexibility index (Phi) is 4.48. The molecular weight excluding hydrogens is 308 g/mol. The van der Waals surface area contributed by atoms with Crippen molar-refractivity contribution in [3.8, 4) is 0 Å². The molecule has 142 valence electrons. The van der Waals surface area contributed by atoms with Crippen LogP contribution in [0.2, 0.25) is 0 Å². The van der Waals surface area contributed by atoms with Gasteiger partial charge < -0.3 is 4.74 Å². The first kappa shape index (κ1) is 17.9. The van der Waals surface area contributed by atoms with E-state index in [-0.39, 0.29) is 17.0 Å². The number of hydrogen-bond acceptors (Lipinski definition) is 2. The summed E-state index contributed by atoms with van der Waals surface area (Å²) in [5.74, 6) is 4.72. The summed E-state index contributed by atoms with van der Waals surface area (Å²) in [5.41, 5.74) is -0.458. The van der Waals surface area contributed by atoms with Crippen LogP contribution in [-0.4, -0.2) is 11.6 Å². The molecule has 0 amide bonds. The zero-order valence-corrected chi connectivity index (χ0v) is 16.9. The molecule has 0 radical (unpaired) electrons. The van der Waals surface area contributed by atoms with Crippen molar-refractivity contribution in [2.24, 2.45) is 40.9 Å². The normalized spacial score (nSPS) is 46.2. The van der Waals surface area contributed by atoms with Gasteiger partial charge in [0.1, 0.15) is 5.60 Å². The van der Waals surface area contributed by atoms with E-state index in [4.69, 9.17) is 4.74 Å². The van der Waals surface area contributed by atoms with Crippen molar-refractivity contribution in [3.05, 3.63) is 0 Å². The zero-order chi connectivity index (χ0) is 17.8. The fourth-order valence-electron chi connectivity index (χ4n) is 6.99.